The number of unbranched alkanes of at least 4 members (excludes halogenated alkanes) is 2. The molecule has 0 aliphatic heterocycles. The predicted molar refractivity (Wildman–Crippen MR) is 66.8 cm³/mol. The van der Waals surface area contributed by atoms with Gasteiger partial charge in [0, 0.05) is 0 Å². The first-order valence-electron chi connectivity index (χ1n) is 5.69. The van der Waals surface area contributed by atoms with Crippen LogP contribution in [0.5, 0.6) is 0 Å². The Hall–Kier alpha value is -0.301. The molecular weight excluding hydrogens is 251 g/mol. The Labute approximate surface area is 99.1 Å². The summed E-state index contributed by atoms with van der Waals surface area (Å²) >= 11 is 0.434. The summed E-state index contributed by atoms with van der Waals surface area (Å²) in [5.41, 5.74) is 0. The molecule has 0 radical (unpaired) electrons. The molecule has 2 heteroatoms. The molecule has 0 amide bonds. The van der Waals surface area contributed by atoms with Crippen molar-refractivity contribution in [1.29, 1.82) is 0 Å². The van der Waals surface area contributed by atoms with Crippen LogP contribution in [0.1, 0.15) is 32.6 Å². The van der Waals surface area contributed by atoms with Crippen LogP contribution in [0.2, 0.25) is 4.82 Å². The molecule has 0 aromatic heterocycles. The van der Waals surface area contributed by atoms with E-state index in [-0.39, 0.29) is 0 Å². The van der Waals surface area contributed by atoms with E-state index in [1.807, 2.05) is 6.07 Å². The molecule has 0 saturated carbocycles. The molecule has 0 bridgehead atoms. The van der Waals surface area contributed by atoms with Gasteiger partial charge in [0.05, 0.1) is 0 Å². The van der Waals surface area contributed by atoms with Gasteiger partial charge in [0.25, 0.3) is 0 Å². The van der Waals surface area contributed by atoms with Crippen molar-refractivity contribution in [3.05, 3.63) is 30.3 Å². The maximum atomic E-state index is 9.30. The van der Waals surface area contributed by atoms with Crippen LogP contribution in [0, 0.1) is 0 Å². The van der Waals surface area contributed by atoms with E-state index in [1.165, 1.54) is 30.1 Å². The molecule has 0 heterocycles. The summed E-state index contributed by atoms with van der Waals surface area (Å²) in [6.45, 7) is 2.56. The molecule has 1 rings (SSSR count). The predicted octanol–water partition coefficient (Wildman–Crippen LogP) is 2.38. The van der Waals surface area contributed by atoms with Gasteiger partial charge in [0.2, 0.25) is 0 Å². The van der Waals surface area contributed by atoms with Crippen molar-refractivity contribution in [3.63, 3.8) is 0 Å². The van der Waals surface area contributed by atoms with E-state index in [2.05, 4.69) is 31.2 Å². The van der Waals surface area contributed by atoms with Gasteiger partial charge in [-0.15, -0.1) is 0 Å². The molecule has 1 atom stereocenters. The monoisotopic (exact) mass is 272 g/mol. The average Bonchev–Trinajstić information content (AvgIpc) is 2.29. The Bertz CT molecular complexity index is 248. The minimum absolute atomic E-state index is 0.346. The first-order valence-corrected chi connectivity index (χ1v) is 7.54. The molecule has 0 saturated heterocycles. The first kappa shape index (κ1) is 12.8. The second kappa shape index (κ2) is 7.92. The SMILES string of the molecule is CCCCCC(CO)[Se]c1ccccc1. The molecule has 1 N–H and O–H groups in total. The third-order valence-corrected chi connectivity index (χ3v) is 5.03. The van der Waals surface area contributed by atoms with Crippen LogP contribution in [0.4, 0.5) is 0 Å². The number of hydrogen-bond donors (Lipinski definition) is 1. The Kier molecular flexibility index (Phi) is 6.74. The van der Waals surface area contributed by atoms with Gasteiger partial charge in [0.15, 0.2) is 0 Å². The van der Waals surface area contributed by atoms with E-state index < -0.39 is 0 Å². The zero-order valence-corrected chi connectivity index (χ0v) is 11.1. The van der Waals surface area contributed by atoms with Crippen molar-refractivity contribution in [2.24, 2.45) is 0 Å². The third-order valence-electron chi connectivity index (χ3n) is 2.38. The summed E-state index contributed by atoms with van der Waals surface area (Å²) in [4.78, 5) is 0.506. The van der Waals surface area contributed by atoms with Gasteiger partial charge in [-0.1, -0.05) is 0 Å². The molecule has 15 heavy (non-hydrogen) atoms. The summed E-state index contributed by atoms with van der Waals surface area (Å²) in [7, 11) is 0. The Morgan fingerprint density at radius 2 is 1.93 bits per heavy atom. The van der Waals surface area contributed by atoms with Crippen molar-refractivity contribution >= 4 is 19.4 Å². The molecule has 1 aromatic rings. The second-order valence-electron chi connectivity index (χ2n) is 3.73. The zero-order chi connectivity index (χ0) is 10.9. The van der Waals surface area contributed by atoms with Crippen LogP contribution in [0.15, 0.2) is 30.3 Å². The van der Waals surface area contributed by atoms with E-state index in [0.717, 1.165) is 0 Å². The molecule has 84 valence electrons. The summed E-state index contributed by atoms with van der Waals surface area (Å²) in [6, 6.07) is 10.5. The van der Waals surface area contributed by atoms with Gasteiger partial charge in [-0.2, -0.15) is 0 Å². The minimum atomic E-state index is 0.346. The van der Waals surface area contributed by atoms with E-state index >= 15 is 0 Å². The number of aliphatic hydroxyl groups is 1. The van der Waals surface area contributed by atoms with Crippen LogP contribution in [0.25, 0.3) is 0 Å². The standard InChI is InChI=1S/C13H20OSe/c1-2-3-5-10-13(11-14)15-12-8-6-4-7-9-12/h4,6-9,13-14H,2-3,5,10-11H2,1H3. The molecule has 0 spiro atoms. The van der Waals surface area contributed by atoms with Gasteiger partial charge < -0.3 is 0 Å². The van der Waals surface area contributed by atoms with Crippen LogP contribution >= 0.6 is 0 Å². The van der Waals surface area contributed by atoms with E-state index in [4.69, 9.17) is 0 Å². The topological polar surface area (TPSA) is 20.2 Å². The molecule has 1 nitrogen and oxygen atoms in total. The van der Waals surface area contributed by atoms with Gasteiger partial charge in [-0.25, -0.2) is 0 Å². The molecular formula is C13H20OSe. The Morgan fingerprint density at radius 1 is 1.20 bits per heavy atom. The van der Waals surface area contributed by atoms with E-state index in [0.29, 0.717) is 26.4 Å². The van der Waals surface area contributed by atoms with E-state index in [9.17, 15) is 5.11 Å². The first-order chi connectivity index (χ1) is 7.36. The number of rotatable bonds is 7. The average molecular weight is 271 g/mol. The number of aliphatic hydroxyl groups excluding tert-OH is 1. The Balaban J connectivity index is 2.33. The molecule has 0 aliphatic carbocycles. The van der Waals surface area contributed by atoms with Crippen LogP contribution in [-0.2, 0) is 0 Å². The fourth-order valence-electron chi connectivity index (χ4n) is 1.50. The van der Waals surface area contributed by atoms with Crippen molar-refractivity contribution < 1.29 is 5.11 Å². The van der Waals surface area contributed by atoms with Crippen LogP contribution < -0.4 is 4.46 Å². The normalized spacial score (nSPS) is 12.7. The molecule has 1 unspecified atom stereocenters. The fourth-order valence-corrected chi connectivity index (χ4v) is 3.72. The number of benzene rings is 1. The number of hydrogen-bond acceptors (Lipinski definition) is 1. The van der Waals surface area contributed by atoms with Gasteiger partial charge >= 0.3 is 98.9 Å². The summed E-state index contributed by atoms with van der Waals surface area (Å²) < 4.78 is 1.40. The Morgan fingerprint density at radius 3 is 2.53 bits per heavy atom. The van der Waals surface area contributed by atoms with Crippen molar-refractivity contribution in [3.8, 4) is 0 Å². The summed E-state index contributed by atoms with van der Waals surface area (Å²) in [5.74, 6) is 0. The van der Waals surface area contributed by atoms with E-state index in [1.54, 1.807) is 0 Å². The second-order valence-corrected chi connectivity index (χ2v) is 6.61. The maximum absolute atomic E-state index is 9.30. The summed E-state index contributed by atoms with van der Waals surface area (Å²) in [6.07, 6.45) is 4.99. The third kappa shape index (κ3) is 5.36. The van der Waals surface area contributed by atoms with Gasteiger partial charge in [-0.3, -0.25) is 0 Å². The summed E-state index contributed by atoms with van der Waals surface area (Å²) in [5, 5.41) is 9.30. The molecule has 0 aliphatic rings. The van der Waals surface area contributed by atoms with Crippen LogP contribution in [-0.4, -0.2) is 26.7 Å². The van der Waals surface area contributed by atoms with Gasteiger partial charge in [0.1, 0.15) is 0 Å². The molecule has 1 aromatic carbocycles. The quantitative estimate of drug-likeness (QED) is 0.596. The molecule has 0 fully saturated rings. The van der Waals surface area contributed by atoms with Crippen molar-refractivity contribution in [2.75, 3.05) is 6.61 Å². The van der Waals surface area contributed by atoms with Gasteiger partial charge in [-0.05, 0) is 0 Å². The zero-order valence-electron chi connectivity index (χ0n) is 9.36. The fraction of sp³-hybridized carbons (Fsp3) is 0.538. The van der Waals surface area contributed by atoms with Crippen molar-refractivity contribution in [2.45, 2.75) is 37.4 Å². The van der Waals surface area contributed by atoms with Crippen molar-refractivity contribution in [1.82, 2.24) is 0 Å². The van der Waals surface area contributed by atoms with Crippen LogP contribution in [0.3, 0.4) is 0 Å².